The minimum Gasteiger partial charge on any atom is -0.383 e. The quantitative estimate of drug-likeness (QED) is 0.632. The molecule has 0 unspecified atom stereocenters. The third-order valence-corrected chi connectivity index (χ3v) is 4.16. The molecule has 25 heavy (non-hydrogen) atoms. The summed E-state index contributed by atoms with van der Waals surface area (Å²) < 4.78 is 0.916. The highest BCUT2D eigenvalue weighted by Gasteiger charge is 2.08. The van der Waals surface area contributed by atoms with Crippen molar-refractivity contribution in [1.29, 1.82) is 0 Å². The molecule has 2 aromatic carbocycles. The van der Waals surface area contributed by atoms with E-state index in [1.807, 2.05) is 48.5 Å². The van der Waals surface area contributed by atoms with Gasteiger partial charge in [-0.2, -0.15) is 0 Å². The van der Waals surface area contributed by atoms with Gasteiger partial charge < -0.3 is 10.6 Å². The number of amides is 1. The molecule has 1 amide bonds. The standard InChI is InChI=1S/C20H18BrN3O/c21-17-7-4-8-18(12-17)24-20(25)16-11-19(14-22-13-16)23-10-9-15-5-2-1-3-6-15/h1-8,11-14,23H,9-10H2,(H,24,25). The van der Waals surface area contributed by atoms with E-state index in [-0.39, 0.29) is 5.91 Å². The van der Waals surface area contributed by atoms with Crippen molar-refractivity contribution in [3.8, 4) is 0 Å². The van der Waals surface area contributed by atoms with Gasteiger partial charge in [-0.25, -0.2) is 0 Å². The van der Waals surface area contributed by atoms with E-state index >= 15 is 0 Å². The summed E-state index contributed by atoms with van der Waals surface area (Å²) in [4.78, 5) is 16.5. The van der Waals surface area contributed by atoms with Crippen molar-refractivity contribution >= 4 is 33.2 Å². The lowest BCUT2D eigenvalue weighted by Crippen LogP contribution is -2.13. The summed E-state index contributed by atoms with van der Waals surface area (Å²) in [5, 5.41) is 6.18. The van der Waals surface area contributed by atoms with Crippen LogP contribution in [-0.4, -0.2) is 17.4 Å². The Morgan fingerprint density at radius 1 is 0.960 bits per heavy atom. The number of pyridine rings is 1. The van der Waals surface area contributed by atoms with E-state index in [0.29, 0.717) is 5.56 Å². The Hall–Kier alpha value is -2.66. The normalized spacial score (nSPS) is 10.3. The average molecular weight is 396 g/mol. The van der Waals surface area contributed by atoms with E-state index in [1.165, 1.54) is 5.56 Å². The fourth-order valence-electron chi connectivity index (χ4n) is 2.43. The van der Waals surface area contributed by atoms with Gasteiger partial charge in [-0.05, 0) is 36.2 Å². The molecule has 0 aliphatic heterocycles. The molecule has 0 radical (unpaired) electrons. The number of carbonyl (C=O) groups excluding carboxylic acids is 1. The molecule has 0 bridgehead atoms. The highest BCUT2D eigenvalue weighted by molar-refractivity contribution is 9.10. The van der Waals surface area contributed by atoms with Crippen molar-refractivity contribution in [3.63, 3.8) is 0 Å². The van der Waals surface area contributed by atoms with Gasteiger partial charge in [-0.15, -0.1) is 0 Å². The van der Waals surface area contributed by atoms with Gasteiger partial charge in [0.1, 0.15) is 0 Å². The van der Waals surface area contributed by atoms with E-state index < -0.39 is 0 Å². The second-order valence-electron chi connectivity index (χ2n) is 5.59. The van der Waals surface area contributed by atoms with Crippen molar-refractivity contribution in [2.45, 2.75) is 6.42 Å². The van der Waals surface area contributed by atoms with Crippen LogP contribution in [0.1, 0.15) is 15.9 Å². The molecule has 0 saturated heterocycles. The lowest BCUT2D eigenvalue weighted by Gasteiger charge is -2.09. The number of aromatic nitrogens is 1. The first kappa shape index (κ1) is 17.2. The molecular formula is C20H18BrN3O. The molecule has 3 aromatic rings. The number of benzene rings is 2. The number of hydrogen-bond donors (Lipinski definition) is 2. The van der Waals surface area contributed by atoms with Crippen molar-refractivity contribution in [2.75, 3.05) is 17.2 Å². The van der Waals surface area contributed by atoms with E-state index in [4.69, 9.17) is 0 Å². The molecule has 0 fully saturated rings. The zero-order valence-corrected chi connectivity index (χ0v) is 15.2. The molecule has 0 aliphatic rings. The summed E-state index contributed by atoms with van der Waals surface area (Å²) in [6.07, 6.45) is 4.20. The molecule has 2 N–H and O–H groups in total. The SMILES string of the molecule is O=C(Nc1cccc(Br)c1)c1cncc(NCCc2ccccc2)c1. The molecule has 1 aromatic heterocycles. The second kappa shape index (κ2) is 8.44. The van der Waals surface area contributed by atoms with E-state index in [1.54, 1.807) is 12.4 Å². The van der Waals surface area contributed by atoms with Gasteiger partial charge in [0, 0.05) is 29.1 Å². The monoisotopic (exact) mass is 395 g/mol. The van der Waals surface area contributed by atoms with Crippen LogP contribution in [-0.2, 0) is 6.42 Å². The van der Waals surface area contributed by atoms with E-state index in [0.717, 1.165) is 28.8 Å². The second-order valence-corrected chi connectivity index (χ2v) is 6.50. The number of anilines is 2. The summed E-state index contributed by atoms with van der Waals surface area (Å²) in [6, 6.07) is 19.6. The van der Waals surface area contributed by atoms with Crippen LogP contribution in [0.5, 0.6) is 0 Å². The van der Waals surface area contributed by atoms with Crippen LogP contribution in [0.25, 0.3) is 0 Å². The van der Waals surface area contributed by atoms with E-state index in [9.17, 15) is 4.79 Å². The molecular weight excluding hydrogens is 378 g/mol. The Morgan fingerprint density at radius 2 is 1.80 bits per heavy atom. The van der Waals surface area contributed by atoms with Crippen molar-refractivity contribution in [3.05, 3.63) is 88.7 Å². The minimum atomic E-state index is -0.183. The van der Waals surface area contributed by atoms with Crippen LogP contribution in [0.15, 0.2) is 77.5 Å². The number of nitrogens with one attached hydrogen (secondary N) is 2. The van der Waals surface area contributed by atoms with Gasteiger partial charge >= 0.3 is 0 Å². The average Bonchev–Trinajstić information content (AvgIpc) is 2.63. The molecule has 5 heteroatoms. The van der Waals surface area contributed by atoms with Crippen LogP contribution >= 0.6 is 15.9 Å². The lowest BCUT2D eigenvalue weighted by molar-refractivity contribution is 0.102. The van der Waals surface area contributed by atoms with Crippen LogP contribution in [0.3, 0.4) is 0 Å². The lowest BCUT2D eigenvalue weighted by atomic mass is 10.1. The Morgan fingerprint density at radius 3 is 2.60 bits per heavy atom. The first-order chi connectivity index (χ1) is 12.2. The fourth-order valence-corrected chi connectivity index (χ4v) is 2.83. The van der Waals surface area contributed by atoms with Gasteiger partial charge in [0.25, 0.3) is 5.91 Å². The van der Waals surface area contributed by atoms with Crippen LogP contribution in [0.4, 0.5) is 11.4 Å². The zero-order chi connectivity index (χ0) is 17.5. The smallest absolute Gasteiger partial charge is 0.257 e. The summed E-state index contributed by atoms with van der Waals surface area (Å²) in [7, 11) is 0. The van der Waals surface area contributed by atoms with Gasteiger partial charge in [-0.3, -0.25) is 9.78 Å². The van der Waals surface area contributed by atoms with Gasteiger partial charge in [0.15, 0.2) is 0 Å². The third kappa shape index (κ3) is 5.16. The van der Waals surface area contributed by atoms with Crippen LogP contribution < -0.4 is 10.6 Å². The molecule has 0 aliphatic carbocycles. The summed E-state index contributed by atoms with van der Waals surface area (Å²) in [5.41, 5.74) is 3.36. The highest BCUT2D eigenvalue weighted by atomic mass is 79.9. The molecule has 4 nitrogen and oxygen atoms in total. The number of hydrogen-bond acceptors (Lipinski definition) is 3. The first-order valence-corrected chi connectivity index (χ1v) is 8.80. The van der Waals surface area contributed by atoms with Gasteiger partial charge in [0.2, 0.25) is 0 Å². The van der Waals surface area contributed by atoms with Crippen LogP contribution in [0, 0.1) is 0 Å². The summed E-state index contributed by atoms with van der Waals surface area (Å²) >= 11 is 3.39. The predicted molar refractivity (Wildman–Crippen MR) is 105 cm³/mol. The Labute approximate surface area is 155 Å². The molecule has 0 spiro atoms. The Bertz CT molecular complexity index is 852. The maximum absolute atomic E-state index is 12.4. The predicted octanol–water partition coefficient (Wildman–Crippen LogP) is 4.75. The maximum Gasteiger partial charge on any atom is 0.257 e. The number of nitrogens with zero attached hydrogens (tertiary/aromatic N) is 1. The number of carbonyl (C=O) groups is 1. The van der Waals surface area contributed by atoms with Crippen molar-refractivity contribution in [2.24, 2.45) is 0 Å². The number of rotatable bonds is 6. The molecule has 3 rings (SSSR count). The summed E-state index contributed by atoms with van der Waals surface area (Å²) in [6.45, 7) is 0.780. The molecule has 0 atom stereocenters. The summed E-state index contributed by atoms with van der Waals surface area (Å²) in [5.74, 6) is -0.183. The van der Waals surface area contributed by atoms with Crippen molar-refractivity contribution < 1.29 is 4.79 Å². The Balaban J connectivity index is 1.59. The highest BCUT2D eigenvalue weighted by Crippen LogP contribution is 2.17. The van der Waals surface area contributed by atoms with Crippen LogP contribution in [0.2, 0.25) is 0 Å². The zero-order valence-electron chi connectivity index (χ0n) is 13.6. The largest absolute Gasteiger partial charge is 0.383 e. The molecule has 0 saturated carbocycles. The maximum atomic E-state index is 12.4. The van der Waals surface area contributed by atoms with Crippen molar-refractivity contribution in [1.82, 2.24) is 4.98 Å². The van der Waals surface area contributed by atoms with E-state index in [2.05, 4.69) is 43.7 Å². The van der Waals surface area contributed by atoms with Gasteiger partial charge in [-0.1, -0.05) is 52.3 Å². The fraction of sp³-hybridized carbons (Fsp3) is 0.100. The first-order valence-electron chi connectivity index (χ1n) is 8.00. The minimum absolute atomic E-state index is 0.183. The topological polar surface area (TPSA) is 54.0 Å². The van der Waals surface area contributed by atoms with Gasteiger partial charge in [0.05, 0.1) is 11.3 Å². The third-order valence-electron chi connectivity index (χ3n) is 3.67. The molecule has 126 valence electrons. The molecule has 1 heterocycles. The number of halogens is 1. The Kier molecular flexibility index (Phi) is 5.80.